The van der Waals surface area contributed by atoms with E-state index in [2.05, 4.69) is 15.0 Å². The van der Waals surface area contributed by atoms with E-state index in [1.165, 1.54) is 0 Å². The number of benzene rings is 1. The van der Waals surface area contributed by atoms with Crippen LogP contribution in [0.4, 0.5) is 5.69 Å². The lowest BCUT2D eigenvalue weighted by molar-refractivity contribution is -0.463. The standard InChI is InChI=1S/C18H24N4O2S/c1-6-25(24,19-3)15-9-7-14(8-10-15)21-17(22(4)5)16-13(2)11-12-20-18(16)23/h6-12H,1-5H3,(H2,19,20,21,23,24)/p+1. The molecule has 0 fully saturated rings. The van der Waals surface area contributed by atoms with Gasteiger partial charge in [0.1, 0.15) is 11.3 Å². The van der Waals surface area contributed by atoms with Gasteiger partial charge in [0.05, 0.1) is 23.8 Å². The maximum absolute atomic E-state index is 12.6. The summed E-state index contributed by atoms with van der Waals surface area (Å²) in [4.78, 5) is 15.7. The zero-order chi connectivity index (χ0) is 18.6. The van der Waals surface area contributed by atoms with E-state index in [1.807, 2.05) is 55.9 Å². The van der Waals surface area contributed by atoms with Gasteiger partial charge in [-0.05, 0) is 62.2 Å². The van der Waals surface area contributed by atoms with Crippen LogP contribution in [0.3, 0.4) is 0 Å². The Labute approximate surface area is 148 Å². The minimum absolute atomic E-state index is 0.147. The number of aromatic nitrogens is 1. The number of amidine groups is 1. The molecule has 0 aliphatic carbocycles. The van der Waals surface area contributed by atoms with Crippen molar-refractivity contribution in [1.82, 2.24) is 9.71 Å². The summed E-state index contributed by atoms with van der Waals surface area (Å²) < 4.78 is 17.4. The second kappa shape index (κ2) is 7.67. The summed E-state index contributed by atoms with van der Waals surface area (Å²) in [5.74, 6) is 0.698. The van der Waals surface area contributed by atoms with Gasteiger partial charge in [0.25, 0.3) is 11.4 Å². The third-order valence-corrected chi connectivity index (χ3v) is 6.20. The van der Waals surface area contributed by atoms with E-state index in [4.69, 9.17) is 0 Å². The van der Waals surface area contributed by atoms with Gasteiger partial charge in [0.15, 0.2) is 0 Å². The minimum Gasteiger partial charge on any atom is -0.328 e. The van der Waals surface area contributed by atoms with E-state index in [9.17, 15) is 9.00 Å². The molecule has 7 heteroatoms. The molecule has 0 bridgehead atoms. The fourth-order valence-electron chi connectivity index (χ4n) is 2.52. The number of rotatable bonds is 4. The van der Waals surface area contributed by atoms with Crippen molar-refractivity contribution in [2.24, 2.45) is 0 Å². The highest BCUT2D eigenvalue weighted by molar-refractivity contribution is 7.99. The molecule has 25 heavy (non-hydrogen) atoms. The number of hydrogen-bond donors (Lipinski definition) is 3. The van der Waals surface area contributed by atoms with Crippen molar-refractivity contribution in [2.75, 3.05) is 26.5 Å². The third-order valence-electron chi connectivity index (χ3n) is 3.96. The highest BCUT2D eigenvalue weighted by Crippen LogP contribution is 2.15. The Kier molecular flexibility index (Phi) is 5.81. The predicted molar refractivity (Wildman–Crippen MR) is 105 cm³/mol. The second-order valence-electron chi connectivity index (χ2n) is 5.80. The van der Waals surface area contributed by atoms with Crippen molar-refractivity contribution in [1.29, 1.82) is 0 Å². The monoisotopic (exact) mass is 361 g/mol. The smallest absolute Gasteiger partial charge is 0.287 e. The number of hydrogen-bond acceptors (Lipinski definition) is 2. The molecule has 1 aromatic carbocycles. The largest absolute Gasteiger partial charge is 0.328 e. The Bertz CT molecular complexity index is 961. The molecule has 2 rings (SSSR count). The highest BCUT2D eigenvalue weighted by Gasteiger charge is 2.19. The molecule has 1 atom stereocenters. The Hall–Kier alpha value is -2.38. The van der Waals surface area contributed by atoms with E-state index in [0.29, 0.717) is 16.3 Å². The van der Waals surface area contributed by atoms with Crippen molar-refractivity contribution in [3.63, 3.8) is 0 Å². The Morgan fingerprint density at radius 1 is 1.20 bits per heavy atom. The maximum Gasteiger partial charge on any atom is 0.287 e. The summed E-state index contributed by atoms with van der Waals surface area (Å²) in [6.07, 6.45) is 1.64. The van der Waals surface area contributed by atoms with Crippen LogP contribution in [0, 0.1) is 6.92 Å². The second-order valence-corrected chi connectivity index (χ2v) is 8.35. The fourth-order valence-corrected chi connectivity index (χ4v) is 3.80. The molecule has 2 aromatic rings. The molecule has 1 unspecified atom stereocenters. The fraction of sp³-hybridized carbons (Fsp3) is 0.278. The Balaban J connectivity index is 2.42. The van der Waals surface area contributed by atoms with Crippen LogP contribution < -0.4 is 15.6 Å². The van der Waals surface area contributed by atoms with Crippen LogP contribution in [0.1, 0.15) is 18.1 Å². The van der Waals surface area contributed by atoms with E-state index in [1.54, 1.807) is 25.5 Å². The average molecular weight is 361 g/mol. The molecule has 1 aromatic heterocycles. The van der Waals surface area contributed by atoms with Crippen molar-refractivity contribution >= 4 is 26.6 Å². The number of nitrogens with zero attached hydrogens (tertiary/aromatic N) is 1. The van der Waals surface area contributed by atoms with Crippen molar-refractivity contribution < 1.29 is 8.78 Å². The van der Waals surface area contributed by atoms with Crippen molar-refractivity contribution in [3.05, 3.63) is 58.0 Å². The SMILES string of the molecule is CC=S(=O)(NC)c1ccc(NC(c2c(C)cc[nH]c2=O)=[N+](C)C)cc1. The zero-order valence-electron chi connectivity index (χ0n) is 15.2. The lowest BCUT2D eigenvalue weighted by atomic mass is 10.1. The molecule has 1 heterocycles. The topological polar surface area (TPSA) is 77.0 Å². The van der Waals surface area contributed by atoms with E-state index < -0.39 is 9.71 Å². The van der Waals surface area contributed by atoms with Crippen LogP contribution in [-0.2, 0) is 9.71 Å². The number of aromatic amines is 1. The number of pyridine rings is 1. The maximum atomic E-state index is 12.6. The van der Waals surface area contributed by atoms with Crippen LogP contribution >= 0.6 is 0 Å². The minimum atomic E-state index is -2.35. The summed E-state index contributed by atoms with van der Waals surface area (Å²) in [7, 11) is 3.09. The first kappa shape index (κ1) is 19.0. The summed E-state index contributed by atoms with van der Waals surface area (Å²) in [6.45, 7) is 3.67. The number of H-pyrrole nitrogens is 1. The van der Waals surface area contributed by atoms with E-state index >= 15 is 0 Å². The molecule has 3 N–H and O–H groups in total. The molecule has 6 nitrogen and oxygen atoms in total. The van der Waals surface area contributed by atoms with Gasteiger partial charge in [-0.2, -0.15) is 0 Å². The van der Waals surface area contributed by atoms with Gasteiger partial charge >= 0.3 is 0 Å². The summed E-state index contributed by atoms with van der Waals surface area (Å²) in [5, 5.41) is 4.96. The molecule has 0 aliphatic heterocycles. The Morgan fingerprint density at radius 2 is 1.84 bits per heavy atom. The summed E-state index contributed by atoms with van der Waals surface area (Å²) in [5.41, 5.74) is 2.14. The first-order valence-corrected chi connectivity index (χ1v) is 9.56. The molecule has 0 aliphatic rings. The van der Waals surface area contributed by atoms with Gasteiger partial charge in [-0.3, -0.25) is 9.37 Å². The van der Waals surface area contributed by atoms with Crippen LogP contribution in [0.25, 0.3) is 0 Å². The molecule has 134 valence electrons. The molecular formula is C18H25N4O2S+. The van der Waals surface area contributed by atoms with Gasteiger partial charge in [-0.25, -0.2) is 14.2 Å². The molecule has 0 saturated heterocycles. The first-order chi connectivity index (χ1) is 11.8. The lowest BCUT2D eigenvalue weighted by Crippen LogP contribution is -2.31. The van der Waals surface area contributed by atoms with Gasteiger partial charge in [-0.15, -0.1) is 0 Å². The van der Waals surface area contributed by atoms with Gasteiger partial charge in [0, 0.05) is 11.1 Å². The van der Waals surface area contributed by atoms with E-state index in [-0.39, 0.29) is 5.56 Å². The predicted octanol–water partition coefficient (Wildman–Crippen LogP) is 1.41. The summed E-state index contributed by atoms with van der Waals surface area (Å²) in [6, 6.07) is 9.20. The highest BCUT2D eigenvalue weighted by atomic mass is 32.2. The van der Waals surface area contributed by atoms with Crippen molar-refractivity contribution in [2.45, 2.75) is 18.7 Å². The number of aryl methyl sites for hydroxylation is 1. The lowest BCUT2D eigenvalue weighted by Gasteiger charge is -2.11. The normalized spacial score (nSPS) is 13.0. The van der Waals surface area contributed by atoms with Crippen LogP contribution in [-0.4, -0.2) is 46.1 Å². The van der Waals surface area contributed by atoms with Crippen LogP contribution in [0.5, 0.6) is 0 Å². The molecular weight excluding hydrogens is 336 g/mol. The first-order valence-electron chi connectivity index (χ1n) is 7.94. The number of nitrogens with one attached hydrogen (secondary N) is 3. The third kappa shape index (κ3) is 4.00. The van der Waals surface area contributed by atoms with Crippen LogP contribution in [0.15, 0.2) is 46.2 Å². The number of anilines is 1. The summed E-state index contributed by atoms with van der Waals surface area (Å²) >= 11 is 0. The van der Waals surface area contributed by atoms with Crippen molar-refractivity contribution in [3.8, 4) is 0 Å². The van der Waals surface area contributed by atoms with Gasteiger partial charge < -0.3 is 4.98 Å². The average Bonchev–Trinajstić information content (AvgIpc) is 2.60. The Morgan fingerprint density at radius 3 is 2.32 bits per heavy atom. The van der Waals surface area contributed by atoms with Gasteiger partial charge in [-0.1, -0.05) is 0 Å². The van der Waals surface area contributed by atoms with Crippen LogP contribution in [0.2, 0.25) is 0 Å². The zero-order valence-corrected chi connectivity index (χ0v) is 16.0. The van der Waals surface area contributed by atoms with E-state index in [0.717, 1.165) is 11.3 Å². The molecule has 0 radical (unpaired) electrons. The molecule has 0 amide bonds. The quantitative estimate of drug-likeness (QED) is 0.334. The van der Waals surface area contributed by atoms with Gasteiger partial charge in [0.2, 0.25) is 0 Å². The molecule has 0 saturated carbocycles. The molecule has 0 spiro atoms.